The fraction of sp³-hybridized carbons (Fsp3) is 0.611. The minimum atomic E-state index is -0.670. The maximum absolute atomic E-state index is 12.8. The number of fused-ring (bicyclic) bond motifs is 1. The number of β-amino-alcohol motifs (C(OH)–C–C–N with tert-alkyl or cyclic N) is 1. The van der Waals surface area contributed by atoms with Gasteiger partial charge in [-0.25, -0.2) is 0 Å². The van der Waals surface area contributed by atoms with E-state index in [4.69, 9.17) is 0 Å². The van der Waals surface area contributed by atoms with Crippen LogP contribution in [0.25, 0.3) is 0 Å². The minimum absolute atomic E-state index is 0.0528. The van der Waals surface area contributed by atoms with Gasteiger partial charge in [0.2, 0.25) is 5.91 Å². The van der Waals surface area contributed by atoms with Crippen molar-refractivity contribution in [3.05, 3.63) is 35.4 Å². The van der Waals surface area contributed by atoms with E-state index >= 15 is 0 Å². The predicted octanol–water partition coefficient (Wildman–Crippen LogP) is 1.63. The summed E-state index contributed by atoms with van der Waals surface area (Å²) in [5.41, 5.74) is 1.89. The van der Waals surface area contributed by atoms with Crippen LogP contribution >= 0.6 is 0 Å². The van der Waals surface area contributed by atoms with Crippen LogP contribution in [0.5, 0.6) is 0 Å². The molecule has 1 fully saturated rings. The molecule has 1 amide bonds. The molecule has 1 aromatic rings. The van der Waals surface area contributed by atoms with Crippen molar-refractivity contribution in [2.24, 2.45) is 0 Å². The zero-order chi connectivity index (χ0) is 15.7. The highest BCUT2D eigenvalue weighted by molar-refractivity contribution is 5.85. The Bertz CT molecular complexity index is 542. The number of carbonyl (C=O) groups is 1. The molecular formula is C18H26N2O2. The van der Waals surface area contributed by atoms with Gasteiger partial charge in [-0.3, -0.25) is 9.69 Å². The van der Waals surface area contributed by atoms with Crippen LogP contribution in [0.15, 0.2) is 24.3 Å². The summed E-state index contributed by atoms with van der Waals surface area (Å²) in [5.74, 6) is 0.338. The first-order chi connectivity index (χ1) is 10.4. The van der Waals surface area contributed by atoms with E-state index in [-0.39, 0.29) is 11.8 Å². The third kappa shape index (κ3) is 3.33. The molecule has 1 atom stereocenters. The molecule has 1 saturated heterocycles. The summed E-state index contributed by atoms with van der Waals surface area (Å²) >= 11 is 0. The highest BCUT2D eigenvalue weighted by atomic mass is 16.3. The van der Waals surface area contributed by atoms with Crippen LogP contribution in [0.2, 0.25) is 0 Å². The molecule has 22 heavy (non-hydrogen) atoms. The zero-order valence-electron chi connectivity index (χ0n) is 13.6. The van der Waals surface area contributed by atoms with Crippen molar-refractivity contribution in [3.63, 3.8) is 0 Å². The Kier molecular flexibility index (Phi) is 4.24. The van der Waals surface area contributed by atoms with E-state index in [2.05, 4.69) is 23.1 Å². The van der Waals surface area contributed by atoms with Gasteiger partial charge < -0.3 is 10.0 Å². The lowest BCUT2D eigenvalue weighted by atomic mass is 9.99. The van der Waals surface area contributed by atoms with E-state index in [1.807, 2.05) is 24.8 Å². The monoisotopic (exact) mass is 302 g/mol. The highest BCUT2D eigenvalue weighted by Gasteiger charge is 2.33. The third-order valence-electron chi connectivity index (χ3n) is 4.73. The van der Waals surface area contributed by atoms with Gasteiger partial charge in [0.25, 0.3) is 0 Å². The average molecular weight is 302 g/mol. The van der Waals surface area contributed by atoms with Gasteiger partial charge in [0.05, 0.1) is 11.5 Å². The van der Waals surface area contributed by atoms with E-state index in [0.29, 0.717) is 6.54 Å². The largest absolute Gasteiger partial charge is 0.389 e. The van der Waals surface area contributed by atoms with Crippen molar-refractivity contribution in [1.29, 1.82) is 0 Å². The number of benzene rings is 1. The van der Waals surface area contributed by atoms with Crippen molar-refractivity contribution in [2.45, 2.75) is 38.2 Å². The van der Waals surface area contributed by atoms with Crippen LogP contribution in [0, 0.1) is 0 Å². The molecule has 4 nitrogen and oxygen atoms in total. The maximum Gasteiger partial charge on any atom is 0.230 e. The van der Waals surface area contributed by atoms with Crippen molar-refractivity contribution in [2.75, 3.05) is 32.7 Å². The van der Waals surface area contributed by atoms with Gasteiger partial charge in [0, 0.05) is 32.7 Å². The van der Waals surface area contributed by atoms with Crippen LogP contribution in [-0.2, 0) is 11.2 Å². The number of aliphatic hydroxyl groups is 1. The van der Waals surface area contributed by atoms with Crippen LogP contribution in [0.4, 0.5) is 0 Å². The van der Waals surface area contributed by atoms with Gasteiger partial charge in [0.1, 0.15) is 0 Å². The first-order valence-corrected chi connectivity index (χ1v) is 8.25. The molecule has 1 aliphatic heterocycles. The number of hydrogen-bond acceptors (Lipinski definition) is 3. The fourth-order valence-corrected chi connectivity index (χ4v) is 3.71. The van der Waals surface area contributed by atoms with Gasteiger partial charge in [-0.05, 0) is 37.8 Å². The Hall–Kier alpha value is -1.39. The number of hydrogen-bond donors (Lipinski definition) is 1. The summed E-state index contributed by atoms with van der Waals surface area (Å²) in [7, 11) is 0. The smallest absolute Gasteiger partial charge is 0.230 e. The van der Waals surface area contributed by atoms with Gasteiger partial charge >= 0.3 is 0 Å². The fourth-order valence-electron chi connectivity index (χ4n) is 3.71. The van der Waals surface area contributed by atoms with Crippen molar-refractivity contribution >= 4 is 5.91 Å². The van der Waals surface area contributed by atoms with Crippen LogP contribution < -0.4 is 0 Å². The van der Waals surface area contributed by atoms with E-state index in [0.717, 1.165) is 39.0 Å². The number of aryl methyl sites for hydroxylation is 1. The number of rotatable bonds is 3. The summed E-state index contributed by atoms with van der Waals surface area (Å²) in [5, 5.41) is 9.90. The Balaban J connectivity index is 1.59. The van der Waals surface area contributed by atoms with E-state index in [1.54, 1.807) is 0 Å². The number of amides is 1. The molecule has 0 spiro atoms. The molecule has 1 aromatic carbocycles. The average Bonchev–Trinajstić information content (AvgIpc) is 2.89. The molecule has 1 heterocycles. The molecule has 4 heteroatoms. The summed E-state index contributed by atoms with van der Waals surface area (Å²) in [6.07, 6.45) is 1.97. The van der Waals surface area contributed by atoms with Gasteiger partial charge in [0.15, 0.2) is 0 Å². The summed E-state index contributed by atoms with van der Waals surface area (Å²) in [6.45, 7) is 7.58. The molecule has 3 rings (SSSR count). The second kappa shape index (κ2) is 6.01. The van der Waals surface area contributed by atoms with Crippen molar-refractivity contribution in [1.82, 2.24) is 9.80 Å². The normalized spacial score (nSPS) is 22.7. The SMILES string of the molecule is CC(C)(O)CN1CCN(C(=O)[C@H]2CCc3ccccc32)CC1. The van der Waals surface area contributed by atoms with E-state index in [1.165, 1.54) is 11.1 Å². The lowest BCUT2D eigenvalue weighted by molar-refractivity contribution is -0.134. The lowest BCUT2D eigenvalue weighted by Gasteiger charge is -2.38. The van der Waals surface area contributed by atoms with Crippen LogP contribution in [0.3, 0.4) is 0 Å². The van der Waals surface area contributed by atoms with Gasteiger partial charge in [-0.2, -0.15) is 0 Å². The summed E-state index contributed by atoms with van der Waals surface area (Å²) in [6, 6.07) is 8.34. The molecule has 0 saturated carbocycles. The molecule has 0 aromatic heterocycles. The summed E-state index contributed by atoms with van der Waals surface area (Å²) in [4.78, 5) is 17.1. The highest BCUT2D eigenvalue weighted by Crippen LogP contribution is 2.34. The first kappa shape index (κ1) is 15.5. The van der Waals surface area contributed by atoms with Crippen LogP contribution in [0.1, 0.15) is 37.3 Å². The minimum Gasteiger partial charge on any atom is -0.389 e. The topological polar surface area (TPSA) is 43.8 Å². The molecular weight excluding hydrogens is 276 g/mol. The third-order valence-corrected chi connectivity index (χ3v) is 4.73. The maximum atomic E-state index is 12.8. The van der Waals surface area contributed by atoms with Crippen molar-refractivity contribution in [3.8, 4) is 0 Å². The van der Waals surface area contributed by atoms with Gasteiger partial charge in [-0.15, -0.1) is 0 Å². The molecule has 120 valence electrons. The Morgan fingerprint density at radius 1 is 1.23 bits per heavy atom. The van der Waals surface area contributed by atoms with E-state index < -0.39 is 5.60 Å². The molecule has 1 N–H and O–H groups in total. The lowest BCUT2D eigenvalue weighted by Crippen LogP contribution is -2.52. The molecule has 0 unspecified atom stereocenters. The second-order valence-electron chi connectivity index (χ2n) is 7.20. The number of carbonyl (C=O) groups excluding carboxylic acids is 1. The molecule has 1 aliphatic carbocycles. The molecule has 0 bridgehead atoms. The summed E-state index contributed by atoms with van der Waals surface area (Å²) < 4.78 is 0. The molecule has 0 radical (unpaired) electrons. The predicted molar refractivity (Wildman–Crippen MR) is 86.8 cm³/mol. The van der Waals surface area contributed by atoms with E-state index in [9.17, 15) is 9.90 Å². The van der Waals surface area contributed by atoms with Gasteiger partial charge in [-0.1, -0.05) is 24.3 Å². The number of piperazine rings is 1. The standard InChI is InChI=1S/C18H26N2O2/c1-18(2,22)13-19-9-11-20(12-10-19)17(21)16-8-7-14-5-3-4-6-15(14)16/h3-6,16,22H,7-13H2,1-2H3/t16-/m0/s1. The van der Waals surface area contributed by atoms with Crippen LogP contribution in [-0.4, -0.2) is 59.1 Å². The first-order valence-electron chi connectivity index (χ1n) is 8.25. The van der Waals surface area contributed by atoms with Crippen molar-refractivity contribution < 1.29 is 9.90 Å². The molecule has 2 aliphatic rings. The number of nitrogens with zero attached hydrogens (tertiary/aromatic N) is 2. The zero-order valence-corrected chi connectivity index (χ0v) is 13.6. The second-order valence-corrected chi connectivity index (χ2v) is 7.20. The Morgan fingerprint density at radius 2 is 1.91 bits per heavy atom. The quantitative estimate of drug-likeness (QED) is 0.923. The Labute approximate surface area is 132 Å². The Morgan fingerprint density at radius 3 is 2.59 bits per heavy atom.